The van der Waals surface area contributed by atoms with Crippen molar-refractivity contribution in [3.8, 4) is 0 Å². The molecule has 10 heavy (non-hydrogen) atoms. The molecule has 56 valence electrons. The van der Waals surface area contributed by atoms with E-state index in [1.54, 1.807) is 12.3 Å². The number of aliphatic imine (C=N–C) groups is 1. The zero-order valence-corrected chi connectivity index (χ0v) is 6.96. The van der Waals surface area contributed by atoms with Crippen LogP contribution in [0.4, 0.5) is 0 Å². The fourth-order valence-corrected chi connectivity index (χ4v) is 0.598. The van der Waals surface area contributed by atoms with Gasteiger partial charge in [0.25, 0.3) is 0 Å². The van der Waals surface area contributed by atoms with Crippen molar-refractivity contribution in [1.29, 1.82) is 0 Å². The first-order valence-corrected chi connectivity index (χ1v) is 3.53. The molecule has 0 aliphatic carbocycles. The molecule has 0 aromatic carbocycles. The number of nitrogens with zero attached hydrogens (tertiary/aromatic N) is 1. The molecule has 1 nitrogen and oxygen atoms in total. The second-order valence-corrected chi connectivity index (χ2v) is 2.40. The molecule has 0 aliphatic rings. The van der Waals surface area contributed by atoms with Crippen LogP contribution in [0.15, 0.2) is 29.9 Å². The van der Waals surface area contributed by atoms with Gasteiger partial charge in [0.05, 0.1) is 0 Å². The predicted octanol–water partition coefficient (Wildman–Crippen LogP) is 2.80. The first kappa shape index (κ1) is 9.15. The lowest BCUT2D eigenvalue weighted by Crippen LogP contribution is -2.01. The highest BCUT2D eigenvalue weighted by Gasteiger charge is 1.96. The topological polar surface area (TPSA) is 12.4 Å². The normalized spacial score (nSPS) is 13.0. The summed E-state index contributed by atoms with van der Waals surface area (Å²) < 4.78 is 0. The first-order chi connectivity index (χ1) is 4.72. The summed E-state index contributed by atoms with van der Waals surface area (Å²) in [5.74, 6) is 0.466. The van der Waals surface area contributed by atoms with Gasteiger partial charge in [0.1, 0.15) is 0 Å². The Balaban J connectivity index is 4.18. The van der Waals surface area contributed by atoms with Crippen molar-refractivity contribution in [3.05, 3.63) is 24.9 Å². The molecular formula is C9H15N. The summed E-state index contributed by atoms with van der Waals surface area (Å²) in [6.07, 6.45) is 5.49. The maximum Gasteiger partial charge on any atom is 0.0422 e. The Morgan fingerprint density at radius 1 is 1.50 bits per heavy atom. The molecule has 0 unspecified atom stereocenters. The van der Waals surface area contributed by atoms with Crippen molar-refractivity contribution in [1.82, 2.24) is 0 Å². The molecule has 0 aromatic heterocycles. The van der Waals surface area contributed by atoms with Gasteiger partial charge in [-0.1, -0.05) is 26.5 Å². The van der Waals surface area contributed by atoms with Crippen LogP contribution < -0.4 is 0 Å². The Kier molecular flexibility index (Phi) is 4.55. The quantitative estimate of drug-likeness (QED) is 0.530. The van der Waals surface area contributed by atoms with Crippen molar-refractivity contribution in [2.45, 2.75) is 20.8 Å². The maximum absolute atomic E-state index is 4.18. The van der Waals surface area contributed by atoms with E-state index in [0.29, 0.717) is 5.92 Å². The molecule has 0 radical (unpaired) electrons. The van der Waals surface area contributed by atoms with E-state index in [4.69, 9.17) is 0 Å². The first-order valence-electron chi connectivity index (χ1n) is 3.53. The minimum Gasteiger partial charge on any atom is -0.261 e. The monoisotopic (exact) mass is 137 g/mol. The van der Waals surface area contributed by atoms with E-state index < -0.39 is 0 Å². The number of hydrogen-bond donors (Lipinski definition) is 0. The highest BCUT2D eigenvalue weighted by atomic mass is 14.7. The van der Waals surface area contributed by atoms with Crippen molar-refractivity contribution < 1.29 is 0 Å². The van der Waals surface area contributed by atoms with E-state index in [9.17, 15) is 0 Å². The minimum absolute atomic E-state index is 0.466. The lowest BCUT2D eigenvalue weighted by molar-refractivity contribution is 0.889. The van der Waals surface area contributed by atoms with Crippen LogP contribution in [0.2, 0.25) is 0 Å². The largest absolute Gasteiger partial charge is 0.261 e. The molecule has 0 aromatic rings. The summed E-state index contributed by atoms with van der Waals surface area (Å²) in [5.41, 5.74) is 1.04. The SMILES string of the molecule is C=CC(=N/C=C\C)C(C)C. The molecule has 0 heterocycles. The fraction of sp³-hybridized carbons (Fsp3) is 0.444. The third-order valence-electron chi connectivity index (χ3n) is 1.17. The standard InChI is InChI=1S/C9H15N/c1-5-7-10-9(6-2)8(3)4/h5-8H,2H2,1,3-4H3/b7-5-,10-9?. The van der Waals surface area contributed by atoms with Crippen LogP contribution in [0.1, 0.15) is 20.8 Å². The molecule has 0 amide bonds. The second kappa shape index (κ2) is 4.98. The predicted molar refractivity (Wildman–Crippen MR) is 47.3 cm³/mol. The Labute approximate surface area is 63.2 Å². The third-order valence-corrected chi connectivity index (χ3v) is 1.17. The van der Waals surface area contributed by atoms with Crippen LogP contribution in [-0.2, 0) is 0 Å². The van der Waals surface area contributed by atoms with E-state index in [-0.39, 0.29) is 0 Å². The molecule has 0 aliphatic heterocycles. The third kappa shape index (κ3) is 3.23. The van der Waals surface area contributed by atoms with Gasteiger partial charge in [0.15, 0.2) is 0 Å². The molecule has 0 N–H and O–H groups in total. The molecule has 0 fully saturated rings. The second-order valence-electron chi connectivity index (χ2n) is 2.40. The van der Waals surface area contributed by atoms with Crippen LogP contribution >= 0.6 is 0 Å². The smallest absolute Gasteiger partial charge is 0.0422 e. The average molecular weight is 137 g/mol. The Hall–Kier alpha value is -0.850. The zero-order chi connectivity index (χ0) is 7.98. The van der Waals surface area contributed by atoms with Crippen LogP contribution in [0.5, 0.6) is 0 Å². The van der Waals surface area contributed by atoms with E-state index in [2.05, 4.69) is 25.4 Å². The van der Waals surface area contributed by atoms with Crippen LogP contribution in [0, 0.1) is 5.92 Å². The highest BCUT2D eigenvalue weighted by Crippen LogP contribution is 1.98. The van der Waals surface area contributed by atoms with Crippen LogP contribution in [-0.4, -0.2) is 5.71 Å². The molecule has 0 atom stereocenters. The lowest BCUT2D eigenvalue weighted by atomic mass is 10.1. The van der Waals surface area contributed by atoms with Crippen LogP contribution in [0.3, 0.4) is 0 Å². The lowest BCUT2D eigenvalue weighted by Gasteiger charge is -2.01. The highest BCUT2D eigenvalue weighted by molar-refractivity contribution is 5.96. The van der Waals surface area contributed by atoms with E-state index in [0.717, 1.165) is 5.71 Å². The number of hydrogen-bond acceptors (Lipinski definition) is 1. The summed E-state index contributed by atoms with van der Waals surface area (Å²) in [7, 11) is 0. The van der Waals surface area contributed by atoms with Crippen LogP contribution in [0.25, 0.3) is 0 Å². The molecule has 0 spiro atoms. The fourth-order valence-electron chi connectivity index (χ4n) is 0.598. The maximum atomic E-state index is 4.18. The van der Waals surface area contributed by atoms with Crippen molar-refractivity contribution in [2.75, 3.05) is 0 Å². The van der Waals surface area contributed by atoms with Gasteiger partial charge < -0.3 is 0 Å². The summed E-state index contributed by atoms with van der Waals surface area (Å²) in [5, 5.41) is 0. The van der Waals surface area contributed by atoms with Gasteiger partial charge in [-0.25, -0.2) is 0 Å². The molecule has 1 heteroatoms. The molecule has 0 bridgehead atoms. The van der Waals surface area contributed by atoms with Gasteiger partial charge in [0, 0.05) is 11.9 Å². The summed E-state index contributed by atoms with van der Waals surface area (Å²) in [6, 6.07) is 0. The number of rotatable bonds is 3. The van der Waals surface area contributed by atoms with Crippen molar-refractivity contribution >= 4 is 5.71 Å². The Morgan fingerprint density at radius 3 is 2.40 bits per heavy atom. The van der Waals surface area contributed by atoms with E-state index in [1.165, 1.54) is 0 Å². The minimum atomic E-state index is 0.466. The van der Waals surface area contributed by atoms with Crippen molar-refractivity contribution in [2.24, 2.45) is 10.9 Å². The summed E-state index contributed by atoms with van der Waals surface area (Å²) in [6.45, 7) is 9.82. The summed E-state index contributed by atoms with van der Waals surface area (Å²) >= 11 is 0. The number of allylic oxidation sites excluding steroid dienone is 2. The molecule has 0 rings (SSSR count). The van der Waals surface area contributed by atoms with E-state index in [1.807, 2.05) is 13.0 Å². The Bertz CT molecular complexity index is 152. The van der Waals surface area contributed by atoms with Gasteiger partial charge in [-0.2, -0.15) is 0 Å². The van der Waals surface area contributed by atoms with Gasteiger partial charge in [0.2, 0.25) is 0 Å². The van der Waals surface area contributed by atoms with Crippen molar-refractivity contribution in [3.63, 3.8) is 0 Å². The van der Waals surface area contributed by atoms with Gasteiger partial charge in [-0.15, -0.1) is 0 Å². The zero-order valence-electron chi connectivity index (χ0n) is 6.96. The van der Waals surface area contributed by atoms with Gasteiger partial charge in [-0.3, -0.25) is 4.99 Å². The molecular weight excluding hydrogens is 122 g/mol. The van der Waals surface area contributed by atoms with Gasteiger partial charge in [-0.05, 0) is 18.9 Å². The van der Waals surface area contributed by atoms with Gasteiger partial charge >= 0.3 is 0 Å². The molecule has 0 saturated heterocycles. The average Bonchev–Trinajstić information content (AvgIpc) is 1.89. The van der Waals surface area contributed by atoms with E-state index >= 15 is 0 Å². The molecule has 0 saturated carbocycles. The summed E-state index contributed by atoms with van der Waals surface area (Å²) in [4.78, 5) is 4.18. The Morgan fingerprint density at radius 2 is 2.10 bits per heavy atom.